The van der Waals surface area contributed by atoms with Crippen LogP contribution in [0.2, 0.25) is 0 Å². The number of rotatable bonds is 6. The van der Waals surface area contributed by atoms with E-state index in [1.165, 1.54) is 9.75 Å². The van der Waals surface area contributed by atoms with Crippen LogP contribution in [0.4, 0.5) is 0 Å². The zero-order chi connectivity index (χ0) is 15.6. The van der Waals surface area contributed by atoms with Crippen molar-refractivity contribution in [1.29, 1.82) is 0 Å². The molecular formula is C18H17NO2S2. The molecule has 1 amide bonds. The molecule has 1 aliphatic carbocycles. The molecule has 5 heteroatoms. The molecule has 1 saturated carbocycles. The Balaban J connectivity index is 1.49. The van der Waals surface area contributed by atoms with Gasteiger partial charge >= 0.3 is 0 Å². The summed E-state index contributed by atoms with van der Waals surface area (Å²) in [4.78, 5) is 17.4. The van der Waals surface area contributed by atoms with Gasteiger partial charge in [0.15, 0.2) is 0 Å². The smallest absolute Gasteiger partial charge is 0.227 e. The third kappa shape index (κ3) is 3.26. The van der Waals surface area contributed by atoms with Crippen LogP contribution in [0.15, 0.2) is 57.8 Å². The number of carbonyl (C=O) groups is 1. The highest BCUT2D eigenvalue weighted by atomic mass is 32.1. The largest absolute Gasteiger partial charge is 0.469 e. The topological polar surface area (TPSA) is 33.5 Å². The van der Waals surface area contributed by atoms with Gasteiger partial charge in [0.2, 0.25) is 5.91 Å². The lowest BCUT2D eigenvalue weighted by Crippen LogP contribution is -2.31. The molecule has 3 aromatic heterocycles. The summed E-state index contributed by atoms with van der Waals surface area (Å²) in [7, 11) is 0. The second kappa shape index (κ2) is 6.34. The van der Waals surface area contributed by atoms with Gasteiger partial charge in [0, 0.05) is 21.6 Å². The summed E-state index contributed by atoms with van der Waals surface area (Å²) in [5.41, 5.74) is 0. The summed E-state index contributed by atoms with van der Waals surface area (Å²) in [6.45, 7) is 1.38. The molecule has 1 fully saturated rings. The van der Waals surface area contributed by atoms with Crippen LogP contribution in [0.3, 0.4) is 0 Å². The van der Waals surface area contributed by atoms with E-state index < -0.39 is 0 Å². The lowest BCUT2D eigenvalue weighted by molar-refractivity contribution is -0.133. The average molecular weight is 343 g/mol. The van der Waals surface area contributed by atoms with Crippen molar-refractivity contribution >= 4 is 28.6 Å². The number of amides is 1. The molecule has 2 atom stereocenters. The van der Waals surface area contributed by atoms with Gasteiger partial charge in [-0.15, -0.1) is 22.7 Å². The Labute approximate surface area is 143 Å². The summed E-state index contributed by atoms with van der Waals surface area (Å²) in [6, 6.07) is 12.1. The number of thiophene rings is 2. The maximum absolute atomic E-state index is 13.0. The number of furan rings is 1. The Kier molecular flexibility index (Phi) is 4.06. The third-order valence-corrected chi connectivity index (χ3v) is 5.90. The van der Waals surface area contributed by atoms with Gasteiger partial charge in [-0.3, -0.25) is 4.79 Å². The predicted octanol–water partition coefficient (Wildman–Crippen LogP) is 4.74. The van der Waals surface area contributed by atoms with E-state index in [0.29, 0.717) is 13.1 Å². The minimum absolute atomic E-state index is 0.0704. The predicted molar refractivity (Wildman–Crippen MR) is 92.4 cm³/mol. The molecule has 0 aliphatic heterocycles. The molecule has 23 heavy (non-hydrogen) atoms. The van der Waals surface area contributed by atoms with Gasteiger partial charge < -0.3 is 9.32 Å². The molecule has 118 valence electrons. The van der Waals surface area contributed by atoms with Gasteiger partial charge in [-0.25, -0.2) is 0 Å². The third-order valence-electron chi connectivity index (χ3n) is 4.18. The van der Waals surface area contributed by atoms with Crippen LogP contribution in [-0.4, -0.2) is 10.8 Å². The van der Waals surface area contributed by atoms with E-state index in [9.17, 15) is 4.79 Å². The van der Waals surface area contributed by atoms with E-state index in [0.717, 1.165) is 12.2 Å². The Morgan fingerprint density at radius 3 is 2.30 bits per heavy atom. The van der Waals surface area contributed by atoms with Gasteiger partial charge in [0.25, 0.3) is 0 Å². The van der Waals surface area contributed by atoms with Crippen molar-refractivity contribution in [2.45, 2.75) is 25.4 Å². The number of hydrogen-bond donors (Lipinski definition) is 0. The monoisotopic (exact) mass is 343 g/mol. The van der Waals surface area contributed by atoms with Crippen molar-refractivity contribution in [3.05, 3.63) is 68.9 Å². The van der Waals surface area contributed by atoms with Crippen molar-refractivity contribution in [2.24, 2.45) is 5.92 Å². The van der Waals surface area contributed by atoms with Crippen LogP contribution < -0.4 is 0 Å². The van der Waals surface area contributed by atoms with E-state index >= 15 is 0 Å². The molecule has 3 heterocycles. The van der Waals surface area contributed by atoms with Crippen LogP contribution >= 0.6 is 22.7 Å². The second-order valence-corrected chi connectivity index (χ2v) is 7.88. The highest BCUT2D eigenvalue weighted by molar-refractivity contribution is 7.10. The fourth-order valence-electron chi connectivity index (χ4n) is 2.91. The van der Waals surface area contributed by atoms with E-state index in [4.69, 9.17) is 4.42 Å². The fraction of sp³-hybridized carbons (Fsp3) is 0.278. The SMILES string of the molecule is O=C(C1CC1c1ccco1)N(Cc1cccs1)Cc1cccs1. The molecular weight excluding hydrogens is 326 g/mol. The molecule has 0 N–H and O–H groups in total. The first kappa shape index (κ1) is 14.7. The first-order valence-electron chi connectivity index (χ1n) is 7.68. The molecule has 4 rings (SSSR count). The standard InChI is InChI=1S/C18H17NO2S2/c20-18(16-10-15(16)17-6-1-7-21-17)19(11-13-4-2-8-22-13)12-14-5-3-9-23-14/h1-9,15-16H,10-12H2. The number of carbonyl (C=O) groups excluding carboxylic acids is 1. The molecule has 0 spiro atoms. The Hall–Kier alpha value is -1.85. The average Bonchev–Trinajstić information content (AvgIpc) is 3.07. The Morgan fingerprint density at radius 2 is 1.78 bits per heavy atom. The van der Waals surface area contributed by atoms with Gasteiger partial charge in [-0.1, -0.05) is 12.1 Å². The van der Waals surface area contributed by atoms with E-state index in [1.807, 2.05) is 29.2 Å². The molecule has 0 saturated heterocycles. The Morgan fingerprint density at radius 1 is 1.09 bits per heavy atom. The molecule has 2 unspecified atom stereocenters. The summed E-state index contributed by atoms with van der Waals surface area (Å²) in [5, 5.41) is 4.12. The highest BCUT2D eigenvalue weighted by Crippen LogP contribution is 2.49. The molecule has 1 aliphatic rings. The van der Waals surface area contributed by atoms with Crippen molar-refractivity contribution < 1.29 is 9.21 Å². The van der Waals surface area contributed by atoms with Gasteiger partial charge in [0.1, 0.15) is 5.76 Å². The lowest BCUT2D eigenvalue weighted by Gasteiger charge is -2.21. The molecule has 3 nitrogen and oxygen atoms in total. The fourth-order valence-corrected chi connectivity index (χ4v) is 4.35. The van der Waals surface area contributed by atoms with Gasteiger partial charge in [-0.05, 0) is 41.4 Å². The summed E-state index contributed by atoms with van der Waals surface area (Å²) < 4.78 is 5.46. The summed E-state index contributed by atoms with van der Waals surface area (Å²) in [6.07, 6.45) is 2.59. The van der Waals surface area contributed by atoms with Crippen molar-refractivity contribution in [2.75, 3.05) is 0 Å². The number of hydrogen-bond acceptors (Lipinski definition) is 4. The Bertz CT molecular complexity index is 711. The zero-order valence-corrected chi connectivity index (χ0v) is 14.2. The summed E-state index contributed by atoms with van der Waals surface area (Å²) >= 11 is 3.41. The first-order valence-corrected chi connectivity index (χ1v) is 9.44. The van der Waals surface area contributed by atoms with E-state index in [1.54, 1.807) is 28.9 Å². The minimum atomic E-state index is 0.0704. The lowest BCUT2D eigenvalue weighted by atomic mass is 10.2. The minimum Gasteiger partial charge on any atom is -0.469 e. The normalized spacial score (nSPS) is 19.7. The molecule has 0 bridgehead atoms. The maximum Gasteiger partial charge on any atom is 0.227 e. The molecule has 3 aromatic rings. The van der Waals surface area contributed by atoms with Crippen molar-refractivity contribution in [3.63, 3.8) is 0 Å². The van der Waals surface area contributed by atoms with Crippen LogP contribution in [0, 0.1) is 5.92 Å². The van der Waals surface area contributed by atoms with E-state index in [-0.39, 0.29) is 17.7 Å². The van der Waals surface area contributed by atoms with Crippen LogP contribution in [0.25, 0.3) is 0 Å². The number of nitrogens with zero attached hydrogens (tertiary/aromatic N) is 1. The quantitative estimate of drug-likeness (QED) is 0.648. The van der Waals surface area contributed by atoms with Gasteiger partial charge in [-0.2, -0.15) is 0 Å². The van der Waals surface area contributed by atoms with Crippen LogP contribution in [-0.2, 0) is 17.9 Å². The van der Waals surface area contributed by atoms with Crippen LogP contribution in [0.5, 0.6) is 0 Å². The van der Waals surface area contributed by atoms with Crippen LogP contribution in [0.1, 0.15) is 27.9 Å². The van der Waals surface area contributed by atoms with Crippen molar-refractivity contribution in [3.8, 4) is 0 Å². The molecule has 0 radical (unpaired) electrons. The van der Waals surface area contributed by atoms with E-state index in [2.05, 4.69) is 22.9 Å². The summed E-state index contributed by atoms with van der Waals surface area (Å²) in [5.74, 6) is 1.51. The first-order chi connectivity index (χ1) is 11.3. The zero-order valence-electron chi connectivity index (χ0n) is 12.6. The van der Waals surface area contributed by atoms with Crippen molar-refractivity contribution in [1.82, 2.24) is 4.90 Å². The maximum atomic E-state index is 13.0. The van der Waals surface area contributed by atoms with Gasteiger partial charge in [0.05, 0.1) is 19.4 Å². The molecule has 0 aromatic carbocycles. The second-order valence-electron chi connectivity index (χ2n) is 5.82. The highest BCUT2D eigenvalue weighted by Gasteiger charge is 2.47.